The van der Waals surface area contributed by atoms with Gasteiger partial charge in [-0.1, -0.05) is 6.07 Å². The molecule has 2 aliphatic heterocycles. The Bertz CT molecular complexity index is 760. The number of aliphatic imine (C=N–C) groups is 1. The Kier molecular flexibility index (Phi) is 8.34. The molecule has 0 spiro atoms. The maximum absolute atomic E-state index is 14.7. The quantitative estimate of drug-likeness (QED) is 0.544. The van der Waals surface area contributed by atoms with Crippen LogP contribution in [0.2, 0.25) is 0 Å². The number of hydrogen-bond acceptors (Lipinski definition) is 5. The fourth-order valence-corrected chi connectivity index (χ4v) is 3.92. The lowest BCUT2D eigenvalue weighted by Crippen LogP contribution is -2.53. The largest absolute Gasteiger partial charge is 0.450 e. The van der Waals surface area contributed by atoms with Crippen LogP contribution in [-0.2, 0) is 11.3 Å². The van der Waals surface area contributed by atoms with Crippen LogP contribution in [0.1, 0.15) is 32.3 Å². The topological polar surface area (TPSA) is 80.6 Å². The number of piperazine rings is 1. The molecule has 0 atom stereocenters. The smallest absolute Gasteiger partial charge is 0.409 e. The lowest BCUT2D eigenvalue weighted by molar-refractivity contribution is 0.0914. The van der Waals surface area contributed by atoms with Gasteiger partial charge in [-0.15, -0.1) is 0 Å². The van der Waals surface area contributed by atoms with Crippen molar-refractivity contribution in [3.8, 4) is 0 Å². The number of piperidine rings is 1. The van der Waals surface area contributed by atoms with Gasteiger partial charge >= 0.3 is 6.09 Å². The first-order valence-electron chi connectivity index (χ1n) is 11.2. The number of aliphatic hydroxyl groups is 1. The van der Waals surface area contributed by atoms with Crippen molar-refractivity contribution in [2.75, 3.05) is 57.3 Å². The fourth-order valence-electron chi connectivity index (χ4n) is 3.92. The minimum Gasteiger partial charge on any atom is -0.450 e. The van der Waals surface area contributed by atoms with E-state index in [9.17, 15) is 14.3 Å². The standard InChI is InChI=1S/C22H34FN5O3/c1-3-24-21(27-11-13-28(14-12-27)22(30)31-4-2)25-16-17-5-6-20(19(23)15-17)26-9-7-18(29)8-10-26/h5-6,15,18,29H,3-4,7-14,16H2,1-2H3,(H,24,25). The highest BCUT2D eigenvalue weighted by molar-refractivity contribution is 5.80. The van der Waals surface area contributed by atoms with Crippen molar-refractivity contribution in [2.24, 2.45) is 4.99 Å². The summed E-state index contributed by atoms with van der Waals surface area (Å²) >= 11 is 0. The van der Waals surface area contributed by atoms with E-state index in [0.29, 0.717) is 70.9 Å². The molecule has 31 heavy (non-hydrogen) atoms. The number of nitrogens with one attached hydrogen (secondary N) is 1. The molecule has 9 heteroatoms. The van der Waals surface area contributed by atoms with Crippen LogP contribution in [0.5, 0.6) is 0 Å². The third kappa shape index (κ3) is 6.22. The molecule has 1 amide bonds. The molecule has 3 rings (SSSR count). The van der Waals surface area contributed by atoms with Gasteiger partial charge in [0, 0.05) is 45.8 Å². The molecule has 2 fully saturated rings. The average molecular weight is 436 g/mol. The van der Waals surface area contributed by atoms with Crippen LogP contribution in [0, 0.1) is 5.82 Å². The van der Waals surface area contributed by atoms with Crippen molar-refractivity contribution in [1.29, 1.82) is 0 Å². The van der Waals surface area contributed by atoms with E-state index in [1.807, 2.05) is 24.0 Å². The molecule has 2 N–H and O–H groups in total. The number of amides is 1. The summed E-state index contributed by atoms with van der Waals surface area (Å²) in [5, 5.41) is 12.9. The molecule has 2 saturated heterocycles. The highest BCUT2D eigenvalue weighted by Gasteiger charge is 2.24. The van der Waals surface area contributed by atoms with Crippen LogP contribution in [0.15, 0.2) is 23.2 Å². The third-order valence-corrected chi connectivity index (χ3v) is 5.67. The Morgan fingerprint density at radius 3 is 2.45 bits per heavy atom. The first-order chi connectivity index (χ1) is 15.0. The normalized spacial score (nSPS) is 18.3. The van der Waals surface area contributed by atoms with Crippen molar-refractivity contribution in [1.82, 2.24) is 15.1 Å². The van der Waals surface area contributed by atoms with Crippen LogP contribution in [-0.4, -0.2) is 85.5 Å². The lowest BCUT2D eigenvalue weighted by Gasteiger charge is -2.35. The van der Waals surface area contributed by atoms with Crippen LogP contribution in [0.4, 0.5) is 14.9 Å². The number of hydrogen-bond donors (Lipinski definition) is 2. The van der Waals surface area contributed by atoms with Crippen LogP contribution >= 0.6 is 0 Å². The van der Waals surface area contributed by atoms with Gasteiger partial charge in [-0.2, -0.15) is 0 Å². The van der Waals surface area contributed by atoms with E-state index >= 15 is 0 Å². The Labute approximate surface area is 183 Å². The Hall–Kier alpha value is -2.55. The number of carbonyl (C=O) groups is 1. The maximum Gasteiger partial charge on any atom is 0.409 e. The highest BCUT2D eigenvalue weighted by Crippen LogP contribution is 2.24. The lowest BCUT2D eigenvalue weighted by atomic mass is 10.1. The number of nitrogens with zero attached hydrogens (tertiary/aromatic N) is 4. The fraction of sp³-hybridized carbons (Fsp3) is 0.636. The number of rotatable bonds is 5. The van der Waals surface area contributed by atoms with Gasteiger partial charge in [0.25, 0.3) is 0 Å². The summed E-state index contributed by atoms with van der Waals surface area (Å²) in [6, 6.07) is 5.27. The van der Waals surface area contributed by atoms with Crippen molar-refractivity contribution in [3.63, 3.8) is 0 Å². The summed E-state index contributed by atoms with van der Waals surface area (Å²) in [7, 11) is 0. The van der Waals surface area contributed by atoms with Crippen molar-refractivity contribution in [3.05, 3.63) is 29.6 Å². The van der Waals surface area contributed by atoms with E-state index < -0.39 is 0 Å². The predicted molar refractivity (Wildman–Crippen MR) is 119 cm³/mol. The minimum atomic E-state index is -0.281. The van der Waals surface area contributed by atoms with E-state index in [0.717, 1.165) is 18.1 Å². The first kappa shape index (κ1) is 23.1. The summed E-state index contributed by atoms with van der Waals surface area (Å²) < 4.78 is 19.8. The second-order valence-corrected chi connectivity index (χ2v) is 7.85. The number of anilines is 1. The molecule has 172 valence electrons. The van der Waals surface area contributed by atoms with Gasteiger partial charge in [-0.25, -0.2) is 14.2 Å². The van der Waals surface area contributed by atoms with Crippen molar-refractivity contribution < 1.29 is 19.0 Å². The Morgan fingerprint density at radius 1 is 1.16 bits per heavy atom. The molecule has 0 bridgehead atoms. The zero-order valence-corrected chi connectivity index (χ0v) is 18.5. The highest BCUT2D eigenvalue weighted by atomic mass is 19.1. The SMILES string of the molecule is CCNC(=NCc1ccc(N2CCC(O)CC2)c(F)c1)N1CCN(C(=O)OCC)CC1. The molecule has 0 saturated carbocycles. The Morgan fingerprint density at radius 2 is 1.84 bits per heavy atom. The maximum atomic E-state index is 14.7. The zero-order chi connectivity index (χ0) is 22.2. The van der Waals surface area contributed by atoms with E-state index in [4.69, 9.17) is 9.73 Å². The zero-order valence-electron chi connectivity index (χ0n) is 18.5. The van der Waals surface area contributed by atoms with Gasteiger partial charge in [-0.3, -0.25) is 0 Å². The van der Waals surface area contributed by atoms with Gasteiger partial charge in [0.1, 0.15) is 5.82 Å². The number of halogens is 1. The predicted octanol–water partition coefficient (Wildman–Crippen LogP) is 2.03. The molecule has 0 radical (unpaired) electrons. The molecule has 0 aromatic heterocycles. The molecular weight excluding hydrogens is 401 g/mol. The number of ether oxygens (including phenoxy) is 1. The number of carbonyl (C=O) groups excluding carboxylic acids is 1. The van der Waals surface area contributed by atoms with Gasteiger partial charge in [0.2, 0.25) is 0 Å². The number of benzene rings is 1. The van der Waals surface area contributed by atoms with Gasteiger partial charge < -0.3 is 29.9 Å². The third-order valence-electron chi connectivity index (χ3n) is 5.67. The summed E-state index contributed by atoms with van der Waals surface area (Å²) in [4.78, 5) is 22.4. The molecule has 2 heterocycles. The summed E-state index contributed by atoms with van der Waals surface area (Å²) in [5.74, 6) is 0.512. The monoisotopic (exact) mass is 435 g/mol. The van der Waals surface area contributed by atoms with Gasteiger partial charge in [0.05, 0.1) is 24.9 Å². The number of aliphatic hydroxyl groups excluding tert-OH is 1. The van der Waals surface area contributed by atoms with E-state index in [-0.39, 0.29) is 18.0 Å². The molecule has 0 unspecified atom stereocenters. The Balaban J connectivity index is 1.60. The first-order valence-corrected chi connectivity index (χ1v) is 11.2. The molecule has 0 aliphatic carbocycles. The second-order valence-electron chi connectivity index (χ2n) is 7.85. The second kappa shape index (κ2) is 11.2. The van der Waals surface area contributed by atoms with Crippen LogP contribution in [0.3, 0.4) is 0 Å². The van der Waals surface area contributed by atoms with Crippen molar-refractivity contribution >= 4 is 17.7 Å². The molecular formula is C22H34FN5O3. The van der Waals surface area contributed by atoms with Crippen LogP contribution < -0.4 is 10.2 Å². The molecule has 1 aromatic carbocycles. The van der Waals surface area contributed by atoms with E-state index in [1.54, 1.807) is 17.9 Å². The van der Waals surface area contributed by atoms with E-state index in [2.05, 4.69) is 10.2 Å². The molecule has 8 nitrogen and oxygen atoms in total. The summed E-state index contributed by atoms with van der Waals surface area (Å²) in [5.41, 5.74) is 1.39. The van der Waals surface area contributed by atoms with Gasteiger partial charge in [0.15, 0.2) is 5.96 Å². The summed E-state index contributed by atoms with van der Waals surface area (Å²) in [6.45, 7) is 9.10. The minimum absolute atomic E-state index is 0.253. The van der Waals surface area contributed by atoms with Crippen molar-refractivity contribution in [2.45, 2.75) is 39.3 Å². The van der Waals surface area contributed by atoms with Crippen LogP contribution in [0.25, 0.3) is 0 Å². The molecule has 1 aromatic rings. The van der Waals surface area contributed by atoms with E-state index in [1.165, 1.54) is 0 Å². The average Bonchev–Trinajstić information content (AvgIpc) is 2.78. The van der Waals surface area contributed by atoms with Gasteiger partial charge in [-0.05, 0) is 44.4 Å². The number of guanidine groups is 1. The summed E-state index contributed by atoms with van der Waals surface area (Å²) in [6.07, 6.45) is 0.779. The molecule has 2 aliphatic rings.